The SMILES string of the molecule is CCN1CCc2ccccc2C12CCN(CCN1CCOCC1)CC2. The maximum Gasteiger partial charge on any atom is 0.0594 e. The molecule has 0 unspecified atom stereocenters. The Hall–Kier alpha value is -0.940. The summed E-state index contributed by atoms with van der Waals surface area (Å²) in [6, 6.07) is 9.21. The summed E-state index contributed by atoms with van der Waals surface area (Å²) in [5.74, 6) is 0. The maximum absolute atomic E-state index is 5.46. The normalized spacial score (nSPS) is 25.2. The second kappa shape index (κ2) is 7.75. The Kier molecular flexibility index (Phi) is 5.41. The zero-order valence-corrected chi connectivity index (χ0v) is 15.8. The third-order valence-corrected chi connectivity index (χ3v) is 6.68. The Morgan fingerprint density at radius 3 is 2.32 bits per heavy atom. The summed E-state index contributed by atoms with van der Waals surface area (Å²) in [6.45, 7) is 13.6. The van der Waals surface area contributed by atoms with Crippen molar-refractivity contribution in [3.05, 3.63) is 35.4 Å². The predicted molar refractivity (Wildman–Crippen MR) is 102 cm³/mol. The van der Waals surface area contributed by atoms with Crippen LogP contribution in [0, 0.1) is 0 Å². The Balaban J connectivity index is 1.40. The van der Waals surface area contributed by atoms with Crippen LogP contribution in [0.25, 0.3) is 0 Å². The van der Waals surface area contributed by atoms with Gasteiger partial charge in [-0.15, -0.1) is 0 Å². The first-order valence-electron chi connectivity index (χ1n) is 10.2. The van der Waals surface area contributed by atoms with Gasteiger partial charge in [-0.25, -0.2) is 0 Å². The van der Waals surface area contributed by atoms with Crippen LogP contribution in [0.4, 0.5) is 0 Å². The fraction of sp³-hybridized carbons (Fsp3) is 0.714. The zero-order valence-electron chi connectivity index (χ0n) is 15.8. The quantitative estimate of drug-likeness (QED) is 0.834. The van der Waals surface area contributed by atoms with Crippen LogP contribution in [-0.4, -0.2) is 80.3 Å². The molecule has 138 valence electrons. The molecule has 0 atom stereocenters. The summed E-state index contributed by atoms with van der Waals surface area (Å²) in [6.07, 6.45) is 3.77. The van der Waals surface area contributed by atoms with E-state index in [9.17, 15) is 0 Å². The van der Waals surface area contributed by atoms with Crippen LogP contribution in [-0.2, 0) is 16.7 Å². The number of nitrogens with zero attached hydrogens (tertiary/aromatic N) is 3. The van der Waals surface area contributed by atoms with Crippen molar-refractivity contribution >= 4 is 0 Å². The van der Waals surface area contributed by atoms with Gasteiger partial charge in [0.2, 0.25) is 0 Å². The average Bonchev–Trinajstić information content (AvgIpc) is 2.69. The minimum atomic E-state index is 0.291. The summed E-state index contributed by atoms with van der Waals surface area (Å²) >= 11 is 0. The number of benzene rings is 1. The average molecular weight is 344 g/mol. The van der Waals surface area contributed by atoms with E-state index >= 15 is 0 Å². The van der Waals surface area contributed by atoms with Gasteiger partial charge in [-0.2, -0.15) is 0 Å². The lowest BCUT2D eigenvalue weighted by molar-refractivity contribution is 0.00273. The number of hydrogen-bond acceptors (Lipinski definition) is 4. The van der Waals surface area contributed by atoms with Gasteiger partial charge in [0.15, 0.2) is 0 Å². The van der Waals surface area contributed by atoms with Crippen molar-refractivity contribution in [2.75, 3.05) is 65.6 Å². The fourth-order valence-corrected chi connectivity index (χ4v) is 5.13. The van der Waals surface area contributed by atoms with Crippen molar-refractivity contribution in [1.29, 1.82) is 0 Å². The summed E-state index contributed by atoms with van der Waals surface area (Å²) in [5.41, 5.74) is 3.50. The van der Waals surface area contributed by atoms with Crippen LogP contribution in [0.1, 0.15) is 30.9 Å². The topological polar surface area (TPSA) is 19.0 Å². The van der Waals surface area contributed by atoms with Crippen LogP contribution in [0.15, 0.2) is 24.3 Å². The molecular formula is C21H33N3O. The van der Waals surface area contributed by atoms with E-state index < -0.39 is 0 Å². The molecule has 25 heavy (non-hydrogen) atoms. The van der Waals surface area contributed by atoms with E-state index in [0.29, 0.717) is 5.54 Å². The van der Waals surface area contributed by atoms with Crippen molar-refractivity contribution in [2.45, 2.75) is 31.7 Å². The Morgan fingerprint density at radius 1 is 0.920 bits per heavy atom. The number of fused-ring (bicyclic) bond motifs is 2. The standard InChI is InChI=1S/C21H33N3O/c1-2-24-10-7-19-5-3-4-6-20(19)21(24)8-11-22(12-9-21)13-14-23-15-17-25-18-16-23/h3-6H,2,7-18H2,1H3. The number of ether oxygens (including phenoxy) is 1. The van der Waals surface area contributed by atoms with Crippen LogP contribution in [0.5, 0.6) is 0 Å². The summed E-state index contributed by atoms with van der Waals surface area (Å²) < 4.78 is 5.46. The van der Waals surface area contributed by atoms with Gasteiger partial charge in [-0.1, -0.05) is 31.2 Å². The molecule has 4 nitrogen and oxygen atoms in total. The monoisotopic (exact) mass is 343 g/mol. The van der Waals surface area contributed by atoms with Crippen molar-refractivity contribution in [1.82, 2.24) is 14.7 Å². The number of morpholine rings is 1. The molecule has 3 heterocycles. The second-order valence-corrected chi connectivity index (χ2v) is 7.81. The highest BCUT2D eigenvalue weighted by Gasteiger charge is 2.43. The molecular weight excluding hydrogens is 310 g/mol. The lowest BCUT2D eigenvalue weighted by atomic mass is 9.74. The van der Waals surface area contributed by atoms with Crippen LogP contribution < -0.4 is 0 Å². The Labute approximate surface area is 152 Å². The molecule has 1 aromatic rings. The molecule has 1 aromatic carbocycles. The van der Waals surface area contributed by atoms with E-state index in [2.05, 4.69) is 45.9 Å². The highest BCUT2D eigenvalue weighted by atomic mass is 16.5. The Morgan fingerprint density at radius 2 is 1.60 bits per heavy atom. The molecule has 2 fully saturated rings. The molecule has 0 N–H and O–H groups in total. The van der Waals surface area contributed by atoms with E-state index in [0.717, 1.165) is 26.3 Å². The zero-order chi connectivity index (χ0) is 17.1. The van der Waals surface area contributed by atoms with Crippen LogP contribution in [0.3, 0.4) is 0 Å². The van der Waals surface area contributed by atoms with E-state index in [4.69, 9.17) is 4.74 Å². The molecule has 2 saturated heterocycles. The summed E-state index contributed by atoms with van der Waals surface area (Å²) in [7, 11) is 0. The minimum absolute atomic E-state index is 0.291. The van der Waals surface area contributed by atoms with Crippen molar-refractivity contribution in [2.24, 2.45) is 0 Å². The van der Waals surface area contributed by atoms with Gasteiger partial charge in [0.05, 0.1) is 13.2 Å². The summed E-state index contributed by atoms with van der Waals surface area (Å²) in [4.78, 5) is 8.00. The molecule has 0 amide bonds. The highest BCUT2D eigenvalue weighted by Crippen LogP contribution is 2.43. The third-order valence-electron chi connectivity index (χ3n) is 6.68. The predicted octanol–water partition coefficient (Wildman–Crippen LogP) is 2.19. The van der Waals surface area contributed by atoms with Gasteiger partial charge in [0.1, 0.15) is 0 Å². The number of rotatable bonds is 4. The van der Waals surface area contributed by atoms with E-state index in [-0.39, 0.29) is 0 Å². The van der Waals surface area contributed by atoms with Gasteiger partial charge in [0, 0.05) is 51.4 Å². The van der Waals surface area contributed by atoms with Gasteiger partial charge in [0.25, 0.3) is 0 Å². The highest BCUT2D eigenvalue weighted by molar-refractivity contribution is 5.37. The largest absolute Gasteiger partial charge is 0.379 e. The smallest absolute Gasteiger partial charge is 0.0594 e. The van der Waals surface area contributed by atoms with E-state index in [1.54, 1.807) is 11.1 Å². The first-order valence-corrected chi connectivity index (χ1v) is 10.2. The molecule has 0 bridgehead atoms. The lowest BCUT2D eigenvalue weighted by Crippen LogP contribution is -2.56. The number of likely N-dealkylation sites (N-methyl/N-ethyl adjacent to an activating group) is 1. The van der Waals surface area contributed by atoms with Crippen molar-refractivity contribution in [3.63, 3.8) is 0 Å². The van der Waals surface area contributed by atoms with Gasteiger partial charge < -0.3 is 9.64 Å². The van der Waals surface area contributed by atoms with Crippen LogP contribution in [0.2, 0.25) is 0 Å². The van der Waals surface area contributed by atoms with E-state index in [1.165, 1.54) is 58.5 Å². The third kappa shape index (κ3) is 3.50. The molecule has 3 aliphatic rings. The minimum Gasteiger partial charge on any atom is -0.379 e. The van der Waals surface area contributed by atoms with E-state index in [1.807, 2.05) is 0 Å². The molecule has 0 aliphatic carbocycles. The number of piperidine rings is 1. The molecule has 4 heteroatoms. The molecule has 0 radical (unpaired) electrons. The molecule has 0 aromatic heterocycles. The Bertz CT molecular complexity index is 562. The first kappa shape index (κ1) is 17.5. The van der Waals surface area contributed by atoms with Crippen molar-refractivity contribution in [3.8, 4) is 0 Å². The molecule has 0 saturated carbocycles. The van der Waals surface area contributed by atoms with Gasteiger partial charge in [-0.05, 0) is 36.9 Å². The molecule has 4 rings (SSSR count). The first-order chi connectivity index (χ1) is 12.3. The second-order valence-electron chi connectivity index (χ2n) is 7.81. The maximum atomic E-state index is 5.46. The number of likely N-dealkylation sites (tertiary alicyclic amines) is 1. The van der Waals surface area contributed by atoms with Crippen molar-refractivity contribution < 1.29 is 4.74 Å². The number of hydrogen-bond donors (Lipinski definition) is 0. The van der Waals surface area contributed by atoms with Gasteiger partial charge >= 0.3 is 0 Å². The summed E-state index contributed by atoms with van der Waals surface area (Å²) in [5, 5.41) is 0. The lowest BCUT2D eigenvalue weighted by Gasteiger charge is -2.52. The molecule has 1 spiro atoms. The van der Waals surface area contributed by atoms with Gasteiger partial charge in [-0.3, -0.25) is 9.80 Å². The molecule has 3 aliphatic heterocycles. The van der Waals surface area contributed by atoms with Crippen LogP contribution >= 0.6 is 0 Å². The fourth-order valence-electron chi connectivity index (χ4n) is 5.13.